The predicted octanol–water partition coefficient (Wildman–Crippen LogP) is 4.18. The molecule has 1 aliphatic rings. The van der Waals surface area contributed by atoms with Crippen LogP contribution in [0.4, 0.5) is 4.79 Å². The van der Waals surface area contributed by atoms with E-state index in [2.05, 4.69) is 6.07 Å². The van der Waals surface area contributed by atoms with Crippen molar-refractivity contribution in [1.29, 1.82) is 5.26 Å². The van der Waals surface area contributed by atoms with E-state index >= 15 is 0 Å². The van der Waals surface area contributed by atoms with Crippen LogP contribution in [0.3, 0.4) is 0 Å². The topological polar surface area (TPSA) is 73.6 Å². The van der Waals surface area contributed by atoms with Gasteiger partial charge < -0.3 is 9.64 Å². The van der Waals surface area contributed by atoms with E-state index in [9.17, 15) is 9.59 Å². The van der Waals surface area contributed by atoms with Crippen molar-refractivity contribution < 1.29 is 14.3 Å². The number of ether oxygens (including phenoxy) is 1. The van der Waals surface area contributed by atoms with Gasteiger partial charge >= 0.3 is 6.09 Å². The zero-order valence-electron chi connectivity index (χ0n) is 17.4. The van der Waals surface area contributed by atoms with Gasteiger partial charge in [0.2, 0.25) is 0 Å². The van der Waals surface area contributed by atoms with Crippen molar-refractivity contribution in [2.75, 3.05) is 14.1 Å². The summed E-state index contributed by atoms with van der Waals surface area (Å²) in [5.41, 5.74) is 4.29. The minimum atomic E-state index is -0.576. The molecule has 6 heteroatoms. The van der Waals surface area contributed by atoms with Gasteiger partial charge in [-0.1, -0.05) is 12.1 Å². The van der Waals surface area contributed by atoms with Gasteiger partial charge in [0, 0.05) is 26.2 Å². The highest BCUT2D eigenvalue weighted by Gasteiger charge is 2.30. The number of nitriles is 1. The van der Waals surface area contributed by atoms with Gasteiger partial charge in [0.1, 0.15) is 5.60 Å². The van der Waals surface area contributed by atoms with Crippen LogP contribution in [0, 0.1) is 11.3 Å². The smallest absolute Gasteiger partial charge is 0.410 e. The molecule has 0 saturated carbocycles. The van der Waals surface area contributed by atoms with Gasteiger partial charge in [0.05, 0.1) is 18.2 Å². The first-order valence-electron chi connectivity index (χ1n) is 9.45. The minimum absolute atomic E-state index is 0.0987. The van der Waals surface area contributed by atoms with Gasteiger partial charge in [-0.05, 0) is 67.3 Å². The van der Waals surface area contributed by atoms with Crippen LogP contribution in [0.15, 0.2) is 36.4 Å². The number of hydrogen-bond donors (Lipinski definition) is 0. The van der Waals surface area contributed by atoms with Crippen LogP contribution in [0.1, 0.15) is 47.8 Å². The first-order valence-corrected chi connectivity index (χ1v) is 9.45. The molecule has 0 unspecified atom stereocenters. The van der Waals surface area contributed by atoms with Crippen molar-refractivity contribution in [3.63, 3.8) is 0 Å². The lowest BCUT2D eigenvalue weighted by atomic mass is 9.93. The van der Waals surface area contributed by atoms with E-state index < -0.39 is 5.60 Å². The zero-order chi connectivity index (χ0) is 21.3. The van der Waals surface area contributed by atoms with Gasteiger partial charge in [-0.25, -0.2) is 4.79 Å². The van der Waals surface area contributed by atoms with Gasteiger partial charge in [0.15, 0.2) is 0 Å². The molecule has 1 aliphatic heterocycles. The van der Waals surface area contributed by atoms with Crippen molar-refractivity contribution >= 4 is 12.0 Å². The van der Waals surface area contributed by atoms with E-state index in [1.54, 1.807) is 31.1 Å². The number of hydrogen-bond acceptors (Lipinski definition) is 4. The van der Waals surface area contributed by atoms with Crippen LogP contribution >= 0.6 is 0 Å². The fraction of sp³-hybridized carbons (Fsp3) is 0.348. The molecule has 0 fully saturated rings. The second-order valence-corrected chi connectivity index (χ2v) is 8.39. The van der Waals surface area contributed by atoms with E-state index in [0.717, 1.165) is 22.3 Å². The monoisotopic (exact) mass is 391 g/mol. The maximum Gasteiger partial charge on any atom is 0.410 e. The Hall–Kier alpha value is -3.33. The van der Waals surface area contributed by atoms with Crippen molar-refractivity contribution in [2.24, 2.45) is 0 Å². The molecule has 2 amide bonds. The van der Waals surface area contributed by atoms with Crippen molar-refractivity contribution in [3.05, 3.63) is 58.7 Å². The number of rotatable bonds is 2. The first kappa shape index (κ1) is 20.4. The van der Waals surface area contributed by atoms with Crippen LogP contribution in [0.5, 0.6) is 0 Å². The highest BCUT2D eigenvalue weighted by molar-refractivity contribution is 5.96. The minimum Gasteiger partial charge on any atom is -0.444 e. The third kappa shape index (κ3) is 4.40. The van der Waals surface area contributed by atoms with Gasteiger partial charge in [-0.15, -0.1) is 0 Å². The Balaban J connectivity index is 2.04. The van der Waals surface area contributed by atoms with E-state index in [-0.39, 0.29) is 12.0 Å². The molecule has 2 aromatic carbocycles. The van der Waals surface area contributed by atoms with E-state index in [0.29, 0.717) is 24.2 Å². The summed E-state index contributed by atoms with van der Waals surface area (Å²) in [5.74, 6) is -0.0987. The Morgan fingerprint density at radius 2 is 1.76 bits per heavy atom. The maximum absolute atomic E-state index is 12.6. The Morgan fingerprint density at radius 1 is 1.10 bits per heavy atom. The van der Waals surface area contributed by atoms with E-state index in [4.69, 9.17) is 10.00 Å². The molecule has 150 valence electrons. The molecule has 1 heterocycles. The molecule has 0 saturated heterocycles. The molecule has 0 N–H and O–H groups in total. The first-order chi connectivity index (χ1) is 13.6. The third-order valence-electron chi connectivity index (χ3n) is 4.68. The fourth-order valence-electron chi connectivity index (χ4n) is 3.33. The summed E-state index contributed by atoms with van der Waals surface area (Å²) in [6, 6.07) is 13.1. The zero-order valence-corrected chi connectivity index (χ0v) is 17.4. The van der Waals surface area contributed by atoms with Gasteiger partial charge in [-0.2, -0.15) is 5.26 Å². The lowest BCUT2D eigenvalue weighted by molar-refractivity contribution is 0.0242. The average molecular weight is 391 g/mol. The summed E-state index contributed by atoms with van der Waals surface area (Å²) in [6.45, 7) is 6.32. The molecule has 0 atom stereocenters. The highest BCUT2D eigenvalue weighted by atomic mass is 16.6. The third-order valence-corrected chi connectivity index (χ3v) is 4.68. The molecular formula is C23H25N3O3. The SMILES string of the molecule is CN(C)C(=O)c1cc2c(c(-c3ccc(C#N)cc3)c1)CN(C(=O)OC(C)(C)C)C2. The molecule has 0 spiro atoms. The highest BCUT2D eigenvalue weighted by Crippen LogP contribution is 2.35. The van der Waals surface area contributed by atoms with Crippen LogP contribution in [-0.2, 0) is 17.8 Å². The Morgan fingerprint density at radius 3 is 2.31 bits per heavy atom. The Kier molecular flexibility index (Phi) is 5.34. The Labute approximate surface area is 171 Å². The summed E-state index contributed by atoms with van der Waals surface area (Å²) >= 11 is 0. The standard InChI is InChI=1S/C23H25N3O3/c1-23(2,3)29-22(28)26-13-18-10-17(21(27)25(4)5)11-19(20(18)14-26)16-8-6-15(12-24)7-9-16/h6-11H,13-14H2,1-5H3. The molecule has 29 heavy (non-hydrogen) atoms. The number of carbonyl (C=O) groups is 2. The molecule has 0 aromatic heterocycles. The molecule has 3 rings (SSSR count). The van der Waals surface area contributed by atoms with Crippen LogP contribution in [0.2, 0.25) is 0 Å². The van der Waals surface area contributed by atoms with Crippen LogP contribution in [0.25, 0.3) is 11.1 Å². The number of benzene rings is 2. The average Bonchev–Trinajstić information content (AvgIpc) is 3.09. The van der Waals surface area contributed by atoms with Gasteiger partial charge in [-0.3, -0.25) is 9.69 Å². The maximum atomic E-state index is 12.6. The summed E-state index contributed by atoms with van der Waals surface area (Å²) < 4.78 is 5.52. The lowest BCUT2D eigenvalue weighted by Crippen LogP contribution is -2.33. The molecule has 0 bridgehead atoms. The molecular weight excluding hydrogens is 366 g/mol. The van der Waals surface area contributed by atoms with Crippen molar-refractivity contribution in [3.8, 4) is 17.2 Å². The van der Waals surface area contributed by atoms with E-state index in [1.165, 1.54) is 4.90 Å². The van der Waals surface area contributed by atoms with Crippen molar-refractivity contribution in [2.45, 2.75) is 39.5 Å². The normalized spacial score (nSPS) is 12.9. The summed E-state index contributed by atoms with van der Waals surface area (Å²) in [5, 5.41) is 9.06. The molecule has 0 aliphatic carbocycles. The second-order valence-electron chi connectivity index (χ2n) is 8.39. The van der Waals surface area contributed by atoms with E-state index in [1.807, 2.05) is 45.0 Å². The Bertz CT molecular complexity index is 996. The number of carbonyl (C=O) groups excluding carboxylic acids is 2. The molecule has 2 aromatic rings. The molecule has 6 nitrogen and oxygen atoms in total. The lowest BCUT2D eigenvalue weighted by Gasteiger charge is -2.24. The molecule has 0 radical (unpaired) electrons. The van der Waals surface area contributed by atoms with Crippen molar-refractivity contribution in [1.82, 2.24) is 9.80 Å². The summed E-state index contributed by atoms with van der Waals surface area (Å²) in [7, 11) is 3.42. The van der Waals surface area contributed by atoms with Gasteiger partial charge in [0.25, 0.3) is 5.91 Å². The fourth-order valence-corrected chi connectivity index (χ4v) is 3.33. The van der Waals surface area contributed by atoms with Crippen LogP contribution < -0.4 is 0 Å². The predicted molar refractivity (Wildman–Crippen MR) is 110 cm³/mol. The number of fused-ring (bicyclic) bond motifs is 1. The quantitative estimate of drug-likeness (QED) is 0.770. The largest absolute Gasteiger partial charge is 0.444 e. The van der Waals surface area contributed by atoms with Crippen LogP contribution in [-0.4, -0.2) is 41.5 Å². The second kappa shape index (κ2) is 7.59. The number of amides is 2. The summed E-state index contributed by atoms with van der Waals surface area (Å²) in [6.07, 6.45) is -0.375. The number of nitrogens with zero attached hydrogens (tertiary/aromatic N) is 3. The summed E-state index contributed by atoms with van der Waals surface area (Å²) in [4.78, 5) is 28.4.